The van der Waals surface area contributed by atoms with E-state index in [1.807, 2.05) is 19.1 Å². The summed E-state index contributed by atoms with van der Waals surface area (Å²) in [4.78, 5) is 14.4. The molecule has 0 fully saturated rings. The molecule has 2 aromatic rings. The number of nitrogens with one attached hydrogen (secondary N) is 1. The fourth-order valence-electron chi connectivity index (χ4n) is 1.79. The maximum atomic E-state index is 12.2. The Labute approximate surface area is 122 Å². The summed E-state index contributed by atoms with van der Waals surface area (Å²) >= 11 is 0. The van der Waals surface area contributed by atoms with Crippen LogP contribution in [0.1, 0.15) is 22.8 Å². The maximum absolute atomic E-state index is 12.2. The zero-order valence-electron chi connectivity index (χ0n) is 11.3. The number of aromatic nitrogens is 1. The number of hydrogen-bond donors (Lipinski definition) is 2. The van der Waals surface area contributed by atoms with Gasteiger partial charge in [-0.15, -0.1) is 0 Å². The zero-order chi connectivity index (χ0) is 15.5. The van der Waals surface area contributed by atoms with Gasteiger partial charge in [0.05, 0.1) is 11.3 Å². The molecule has 0 aliphatic carbocycles. The van der Waals surface area contributed by atoms with E-state index in [9.17, 15) is 13.2 Å². The molecule has 0 bridgehead atoms. The number of aryl methyl sites for hydroxylation is 1. The number of para-hydroxylation sites is 1. The number of carboxylic acid groups (broad SMARTS) is 1. The fraction of sp³-hybridized carbons (Fsp3) is 0.143. The van der Waals surface area contributed by atoms with E-state index < -0.39 is 16.0 Å². The number of aromatic carboxylic acids is 1. The molecule has 2 rings (SSSR count). The first-order chi connectivity index (χ1) is 9.94. The largest absolute Gasteiger partial charge is 0.478 e. The van der Waals surface area contributed by atoms with Crippen LogP contribution >= 0.6 is 0 Å². The first kappa shape index (κ1) is 15.0. The smallest absolute Gasteiger partial charge is 0.337 e. The van der Waals surface area contributed by atoms with Gasteiger partial charge in [0.15, 0.2) is 5.03 Å². The Morgan fingerprint density at radius 3 is 2.52 bits per heavy atom. The molecule has 0 radical (unpaired) electrons. The van der Waals surface area contributed by atoms with Crippen molar-refractivity contribution in [2.75, 3.05) is 4.72 Å². The van der Waals surface area contributed by atoms with Gasteiger partial charge in [-0.3, -0.25) is 4.72 Å². The highest BCUT2D eigenvalue weighted by molar-refractivity contribution is 7.92. The quantitative estimate of drug-likeness (QED) is 0.882. The van der Waals surface area contributed by atoms with Crippen molar-refractivity contribution in [1.29, 1.82) is 0 Å². The van der Waals surface area contributed by atoms with Crippen molar-refractivity contribution in [3.8, 4) is 0 Å². The summed E-state index contributed by atoms with van der Waals surface area (Å²) in [7, 11) is -3.84. The first-order valence-electron chi connectivity index (χ1n) is 6.24. The highest BCUT2D eigenvalue weighted by atomic mass is 32.2. The van der Waals surface area contributed by atoms with Gasteiger partial charge in [-0.25, -0.2) is 9.78 Å². The Kier molecular flexibility index (Phi) is 4.23. The number of pyridine rings is 1. The molecule has 1 aromatic heterocycles. The van der Waals surface area contributed by atoms with E-state index >= 15 is 0 Å². The predicted octanol–water partition coefficient (Wildman–Crippen LogP) is 2.14. The topological polar surface area (TPSA) is 96.4 Å². The summed E-state index contributed by atoms with van der Waals surface area (Å²) in [6.45, 7) is 1.92. The highest BCUT2D eigenvalue weighted by Gasteiger charge is 2.17. The van der Waals surface area contributed by atoms with Crippen LogP contribution in [0.2, 0.25) is 0 Å². The van der Waals surface area contributed by atoms with E-state index in [0.717, 1.165) is 11.8 Å². The lowest BCUT2D eigenvalue weighted by Crippen LogP contribution is -2.16. The van der Waals surface area contributed by atoms with Gasteiger partial charge in [0.1, 0.15) is 0 Å². The van der Waals surface area contributed by atoms with Crippen LogP contribution in [0.15, 0.2) is 47.6 Å². The molecule has 21 heavy (non-hydrogen) atoms. The Balaban J connectivity index is 2.32. The van der Waals surface area contributed by atoms with Crippen LogP contribution < -0.4 is 4.72 Å². The Morgan fingerprint density at radius 2 is 1.95 bits per heavy atom. The van der Waals surface area contributed by atoms with E-state index in [2.05, 4.69) is 9.71 Å². The standard InChI is InChI=1S/C14H14N2O4S/c1-2-10-5-3-4-6-12(10)16-21(19,20)13-8-7-11(9-15-13)14(17)18/h3-9,16H,2H2,1H3,(H,17,18). The molecule has 2 N–H and O–H groups in total. The van der Waals surface area contributed by atoms with Crippen molar-refractivity contribution < 1.29 is 18.3 Å². The molecule has 0 saturated heterocycles. The molecule has 0 aliphatic heterocycles. The van der Waals surface area contributed by atoms with Gasteiger partial charge in [0.2, 0.25) is 0 Å². The van der Waals surface area contributed by atoms with Crippen molar-refractivity contribution in [2.24, 2.45) is 0 Å². The van der Waals surface area contributed by atoms with Crippen LogP contribution in [-0.2, 0) is 16.4 Å². The number of nitrogens with zero attached hydrogens (tertiary/aromatic N) is 1. The second-order valence-corrected chi connectivity index (χ2v) is 5.94. The Morgan fingerprint density at radius 1 is 1.24 bits per heavy atom. The van der Waals surface area contributed by atoms with Crippen molar-refractivity contribution in [2.45, 2.75) is 18.4 Å². The van der Waals surface area contributed by atoms with Crippen LogP contribution in [0.4, 0.5) is 5.69 Å². The minimum Gasteiger partial charge on any atom is -0.478 e. The van der Waals surface area contributed by atoms with Crippen molar-refractivity contribution in [1.82, 2.24) is 4.98 Å². The number of benzene rings is 1. The minimum atomic E-state index is -3.84. The molecule has 0 amide bonds. The lowest BCUT2D eigenvalue weighted by Gasteiger charge is -2.11. The number of sulfonamides is 1. The number of carbonyl (C=O) groups is 1. The highest BCUT2D eigenvalue weighted by Crippen LogP contribution is 2.19. The summed E-state index contributed by atoms with van der Waals surface area (Å²) in [5.74, 6) is -1.16. The van der Waals surface area contributed by atoms with Gasteiger partial charge in [-0.1, -0.05) is 25.1 Å². The molecule has 0 spiro atoms. The minimum absolute atomic E-state index is 0.0668. The first-order valence-corrected chi connectivity index (χ1v) is 7.72. The third kappa shape index (κ3) is 3.38. The van der Waals surface area contributed by atoms with Gasteiger partial charge in [-0.2, -0.15) is 8.42 Å². The van der Waals surface area contributed by atoms with Crippen LogP contribution in [-0.4, -0.2) is 24.5 Å². The number of anilines is 1. The van der Waals surface area contributed by atoms with E-state index in [-0.39, 0.29) is 10.6 Å². The molecule has 1 heterocycles. The lowest BCUT2D eigenvalue weighted by atomic mass is 10.1. The Bertz CT molecular complexity index is 755. The summed E-state index contributed by atoms with van der Waals surface area (Å²) in [5, 5.41) is 8.55. The molecule has 0 saturated carbocycles. The van der Waals surface area contributed by atoms with Crippen molar-refractivity contribution in [3.63, 3.8) is 0 Å². The number of rotatable bonds is 5. The van der Waals surface area contributed by atoms with Crippen LogP contribution in [0, 0.1) is 0 Å². The lowest BCUT2D eigenvalue weighted by molar-refractivity contribution is 0.0696. The molecule has 0 atom stereocenters. The Hall–Kier alpha value is -2.41. The van der Waals surface area contributed by atoms with Crippen molar-refractivity contribution >= 4 is 21.7 Å². The molecule has 0 unspecified atom stereocenters. The van der Waals surface area contributed by atoms with E-state index in [0.29, 0.717) is 12.1 Å². The van der Waals surface area contributed by atoms with E-state index in [1.54, 1.807) is 12.1 Å². The molecular formula is C14H14N2O4S. The van der Waals surface area contributed by atoms with Gasteiger partial charge in [0, 0.05) is 6.20 Å². The van der Waals surface area contributed by atoms with Gasteiger partial charge >= 0.3 is 5.97 Å². The third-order valence-corrected chi connectivity index (χ3v) is 4.18. The molecule has 6 nitrogen and oxygen atoms in total. The summed E-state index contributed by atoms with van der Waals surface area (Å²) in [5.41, 5.74) is 1.29. The normalized spacial score (nSPS) is 11.1. The molecular weight excluding hydrogens is 292 g/mol. The molecule has 0 aliphatic rings. The SMILES string of the molecule is CCc1ccccc1NS(=O)(=O)c1ccc(C(=O)O)cn1. The molecule has 1 aromatic carbocycles. The van der Waals surface area contributed by atoms with E-state index in [1.165, 1.54) is 12.1 Å². The summed E-state index contributed by atoms with van der Waals surface area (Å²) < 4.78 is 26.9. The van der Waals surface area contributed by atoms with Crippen molar-refractivity contribution in [3.05, 3.63) is 53.7 Å². The second-order valence-electron chi connectivity index (χ2n) is 4.31. The zero-order valence-corrected chi connectivity index (χ0v) is 12.1. The van der Waals surface area contributed by atoms with Crippen LogP contribution in [0.5, 0.6) is 0 Å². The monoisotopic (exact) mass is 306 g/mol. The average Bonchev–Trinajstić information content (AvgIpc) is 2.47. The van der Waals surface area contributed by atoms with Gasteiger partial charge < -0.3 is 5.11 Å². The number of carboxylic acids is 1. The predicted molar refractivity (Wildman–Crippen MR) is 77.8 cm³/mol. The van der Waals surface area contributed by atoms with Crippen LogP contribution in [0.3, 0.4) is 0 Å². The fourth-order valence-corrected chi connectivity index (χ4v) is 2.82. The molecule has 7 heteroatoms. The van der Waals surface area contributed by atoms with Gasteiger partial charge in [0.25, 0.3) is 10.0 Å². The van der Waals surface area contributed by atoms with E-state index in [4.69, 9.17) is 5.11 Å². The third-order valence-electron chi connectivity index (χ3n) is 2.90. The summed E-state index contributed by atoms with van der Waals surface area (Å²) in [6.07, 6.45) is 1.70. The maximum Gasteiger partial charge on any atom is 0.337 e. The average molecular weight is 306 g/mol. The van der Waals surface area contributed by atoms with Gasteiger partial charge in [-0.05, 0) is 30.2 Å². The van der Waals surface area contributed by atoms with Crippen LogP contribution in [0.25, 0.3) is 0 Å². The molecule has 110 valence electrons. The summed E-state index contributed by atoms with van der Waals surface area (Å²) in [6, 6.07) is 9.44. The second kappa shape index (κ2) is 5.92. The number of hydrogen-bond acceptors (Lipinski definition) is 4.